The Bertz CT molecular complexity index is 485. The molecule has 0 aromatic heterocycles. The summed E-state index contributed by atoms with van der Waals surface area (Å²) >= 11 is 0. The van der Waals surface area contributed by atoms with Crippen molar-refractivity contribution < 1.29 is 18.4 Å². The standard InChI is InChI=1S/C12H12F2N2O2/c1-16-6-10(5-11(16)17)15-12(18)7-2-8(13)4-9(14)3-7/h2-4,10H,5-6H2,1H3,(H,15,18). The Balaban J connectivity index is 2.06. The maximum Gasteiger partial charge on any atom is 0.251 e. The molecule has 1 unspecified atom stereocenters. The monoisotopic (exact) mass is 254 g/mol. The Morgan fingerprint density at radius 1 is 1.33 bits per heavy atom. The first-order valence-corrected chi connectivity index (χ1v) is 5.46. The van der Waals surface area contributed by atoms with Gasteiger partial charge in [-0.3, -0.25) is 9.59 Å². The topological polar surface area (TPSA) is 49.4 Å². The van der Waals surface area contributed by atoms with Crippen molar-refractivity contribution >= 4 is 11.8 Å². The summed E-state index contributed by atoms with van der Waals surface area (Å²) in [7, 11) is 1.64. The Morgan fingerprint density at radius 3 is 2.44 bits per heavy atom. The van der Waals surface area contributed by atoms with Gasteiger partial charge in [-0.15, -0.1) is 0 Å². The molecule has 0 aliphatic carbocycles. The van der Waals surface area contributed by atoms with Crippen LogP contribution in [0.4, 0.5) is 8.78 Å². The Labute approximate surface area is 103 Å². The Morgan fingerprint density at radius 2 is 1.94 bits per heavy atom. The largest absolute Gasteiger partial charge is 0.347 e. The normalized spacial score (nSPS) is 19.2. The van der Waals surface area contributed by atoms with Gasteiger partial charge >= 0.3 is 0 Å². The van der Waals surface area contributed by atoms with E-state index in [1.54, 1.807) is 7.05 Å². The highest BCUT2D eigenvalue weighted by atomic mass is 19.1. The van der Waals surface area contributed by atoms with Crippen LogP contribution < -0.4 is 5.32 Å². The zero-order valence-electron chi connectivity index (χ0n) is 9.74. The van der Waals surface area contributed by atoms with Crippen LogP contribution in [0.15, 0.2) is 18.2 Å². The molecule has 1 aliphatic rings. The van der Waals surface area contributed by atoms with E-state index in [0.717, 1.165) is 12.1 Å². The van der Waals surface area contributed by atoms with E-state index in [9.17, 15) is 18.4 Å². The summed E-state index contributed by atoms with van der Waals surface area (Å²) in [6, 6.07) is 2.29. The van der Waals surface area contributed by atoms with E-state index in [0.29, 0.717) is 12.6 Å². The highest BCUT2D eigenvalue weighted by Gasteiger charge is 2.28. The van der Waals surface area contributed by atoms with Crippen LogP contribution in [0.1, 0.15) is 16.8 Å². The van der Waals surface area contributed by atoms with Crippen LogP contribution >= 0.6 is 0 Å². The minimum atomic E-state index is -0.806. The van der Waals surface area contributed by atoms with Crippen molar-refractivity contribution in [1.29, 1.82) is 0 Å². The molecule has 6 heteroatoms. The van der Waals surface area contributed by atoms with E-state index in [-0.39, 0.29) is 23.9 Å². The highest BCUT2D eigenvalue weighted by Crippen LogP contribution is 2.11. The first kappa shape index (κ1) is 12.5. The van der Waals surface area contributed by atoms with Gasteiger partial charge in [-0.05, 0) is 12.1 Å². The van der Waals surface area contributed by atoms with Crippen LogP contribution in [0.25, 0.3) is 0 Å². The van der Waals surface area contributed by atoms with Gasteiger partial charge in [0.25, 0.3) is 5.91 Å². The average Bonchev–Trinajstić information content (AvgIpc) is 2.56. The maximum atomic E-state index is 12.9. The van der Waals surface area contributed by atoms with E-state index in [4.69, 9.17) is 0 Å². The number of carbonyl (C=O) groups excluding carboxylic acids is 2. The molecule has 1 atom stereocenters. The molecule has 1 heterocycles. The lowest BCUT2D eigenvalue weighted by atomic mass is 10.1. The fraction of sp³-hybridized carbons (Fsp3) is 0.333. The third-order valence-corrected chi connectivity index (χ3v) is 2.80. The molecule has 0 radical (unpaired) electrons. The van der Waals surface area contributed by atoms with Crippen molar-refractivity contribution in [3.8, 4) is 0 Å². The SMILES string of the molecule is CN1CC(NC(=O)c2cc(F)cc(F)c2)CC1=O. The molecule has 2 amide bonds. The minimum Gasteiger partial charge on any atom is -0.347 e. The van der Waals surface area contributed by atoms with Crippen molar-refractivity contribution in [3.63, 3.8) is 0 Å². The van der Waals surface area contributed by atoms with Crippen molar-refractivity contribution in [2.24, 2.45) is 0 Å². The summed E-state index contributed by atoms with van der Waals surface area (Å²) in [5.41, 5.74) is -0.0884. The lowest BCUT2D eigenvalue weighted by molar-refractivity contribution is -0.126. The molecule has 4 nitrogen and oxygen atoms in total. The van der Waals surface area contributed by atoms with Crippen LogP contribution in [-0.4, -0.2) is 36.3 Å². The Kier molecular flexibility index (Phi) is 3.27. The van der Waals surface area contributed by atoms with Gasteiger partial charge in [0, 0.05) is 31.6 Å². The van der Waals surface area contributed by atoms with Crippen molar-refractivity contribution in [2.75, 3.05) is 13.6 Å². The molecule has 1 fully saturated rings. The number of carbonyl (C=O) groups is 2. The highest BCUT2D eigenvalue weighted by molar-refractivity contribution is 5.95. The number of hydrogen-bond acceptors (Lipinski definition) is 2. The molecular weight excluding hydrogens is 242 g/mol. The second-order valence-electron chi connectivity index (χ2n) is 4.31. The maximum absolute atomic E-state index is 12.9. The fourth-order valence-corrected chi connectivity index (χ4v) is 1.91. The van der Waals surface area contributed by atoms with Gasteiger partial charge in [-0.1, -0.05) is 0 Å². The molecule has 18 heavy (non-hydrogen) atoms. The summed E-state index contributed by atoms with van der Waals surface area (Å²) in [4.78, 5) is 24.5. The fourth-order valence-electron chi connectivity index (χ4n) is 1.91. The summed E-state index contributed by atoms with van der Waals surface area (Å²) in [5.74, 6) is -2.26. The predicted octanol–water partition coefficient (Wildman–Crippen LogP) is 0.925. The first-order valence-electron chi connectivity index (χ1n) is 5.46. The molecule has 0 bridgehead atoms. The van der Waals surface area contributed by atoms with Crippen molar-refractivity contribution in [3.05, 3.63) is 35.4 Å². The number of rotatable bonds is 2. The lowest BCUT2D eigenvalue weighted by Crippen LogP contribution is -2.36. The minimum absolute atomic E-state index is 0.0641. The van der Waals surface area contributed by atoms with Gasteiger partial charge in [0.15, 0.2) is 0 Å². The molecule has 1 aromatic rings. The van der Waals surface area contributed by atoms with Gasteiger partial charge in [0.2, 0.25) is 5.91 Å². The second-order valence-corrected chi connectivity index (χ2v) is 4.31. The summed E-state index contributed by atoms with van der Waals surface area (Å²) in [5, 5.41) is 2.58. The number of hydrogen-bond donors (Lipinski definition) is 1. The molecule has 1 saturated heterocycles. The van der Waals surface area contributed by atoms with Crippen LogP contribution in [-0.2, 0) is 4.79 Å². The number of nitrogens with one attached hydrogen (secondary N) is 1. The number of nitrogens with zero attached hydrogens (tertiary/aromatic N) is 1. The first-order chi connectivity index (χ1) is 8.45. The predicted molar refractivity (Wildman–Crippen MR) is 59.9 cm³/mol. The van der Waals surface area contributed by atoms with Gasteiger partial charge in [0.1, 0.15) is 11.6 Å². The molecule has 1 aliphatic heterocycles. The summed E-state index contributed by atoms with van der Waals surface area (Å²) in [6.07, 6.45) is 0.208. The molecule has 2 rings (SSSR count). The number of likely N-dealkylation sites (tertiary alicyclic amines) is 1. The third kappa shape index (κ3) is 2.64. The number of amides is 2. The molecule has 96 valence electrons. The quantitative estimate of drug-likeness (QED) is 0.853. The lowest BCUT2D eigenvalue weighted by Gasteiger charge is -2.12. The molecule has 1 N–H and O–H groups in total. The van der Waals surface area contributed by atoms with E-state index >= 15 is 0 Å². The van der Waals surface area contributed by atoms with Gasteiger partial charge in [-0.2, -0.15) is 0 Å². The van der Waals surface area contributed by atoms with E-state index in [2.05, 4.69) is 5.32 Å². The second kappa shape index (κ2) is 4.72. The van der Waals surface area contributed by atoms with Gasteiger partial charge in [-0.25, -0.2) is 8.78 Å². The van der Waals surface area contributed by atoms with Crippen LogP contribution in [0.3, 0.4) is 0 Å². The van der Waals surface area contributed by atoms with Crippen molar-refractivity contribution in [2.45, 2.75) is 12.5 Å². The zero-order chi connectivity index (χ0) is 13.3. The van der Waals surface area contributed by atoms with E-state index in [1.165, 1.54) is 4.90 Å². The zero-order valence-corrected chi connectivity index (χ0v) is 9.74. The molecule has 0 spiro atoms. The van der Waals surface area contributed by atoms with Crippen LogP contribution in [0.5, 0.6) is 0 Å². The average molecular weight is 254 g/mol. The third-order valence-electron chi connectivity index (χ3n) is 2.80. The van der Waals surface area contributed by atoms with Crippen LogP contribution in [0.2, 0.25) is 0 Å². The van der Waals surface area contributed by atoms with E-state index < -0.39 is 17.5 Å². The number of benzene rings is 1. The van der Waals surface area contributed by atoms with Gasteiger partial charge in [0.05, 0.1) is 6.04 Å². The Hall–Kier alpha value is -1.98. The molecule has 1 aromatic carbocycles. The van der Waals surface area contributed by atoms with Crippen molar-refractivity contribution in [1.82, 2.24) is 10.2 Å². The smallest absolute Gasteiger partial charge is 0.251 e. The molecule has 0 saturated carbocycles. The van der Waals surface area contributed by atoms with Gasteiger partial charge < -0.3 is 10.2 Å². The summed E-state index contributed by atoms with van der Waals surface area (Å²) < 4.78 is 25.9. The van der Waals surface area contributed by atoms with Crippen LogP contribution in [0, 0.1) is 11.6 Å². The number of likely N-dealkylation sites (N-methyl/N-ethyl adjacent to an activating group) is 1. The summed E-state index contributed by atoms with van der Waals surface area (Å²) in [6.45, 7) is 0.405. The number of halogens is 2. The van der Waals surface area contributed by atoms with E-state index in [1.807, 2.05) is 0 Å². The molecular formula is C12H12F2N2O2.